The first-order valence-electron chi connectivity index (χ1n) is 8.99. The van der Waals surface area contributed by atoms with Crippen molar-refractivity contribution in [2.45, 2.75) is 19.8 Å². The quantitative estimate of drug-likeness (QED) is 0.439. The average Bonchev–Trinajstić information content (AvgIpc) is 3.37. The molecule has 5 aromatic rings. The predicted octanol–water partition coefficient (Wildman–Crippen LogP) is 5.33. The fraction of sp³-hybridized carbons (Fsp3) is 0.136. The molecule has 0 aliphatic heterocycles. The molecular weight excluding hydrogens is 336 g/mol. The number of hydrogen-bond acceptors (Lipinski definition) is 4. The summed E-state index contributed by atoms with van der Waals surface area (Å²) in [4.78, 5) is 13.8. The van der Waals surface area contributed by atoms with Gasteiger partial charge in [0.05, 0.1) is 6.20 Å². The first-order valence-corrected chi connectivity index (χ1v) is 8.99. The Morgan fingerprint density at radius 1 is 1.00 bits per heavy atom. The molecule has 0 bridgehead atoms. The number of benzene rings is 1. The molecule has 1 aromatic carbocycles. The van der Waals surface area contributed by atoms with Crippen LogP contribution in [0.15, 0.2) is 71.6 Å². The first kappa shape index (κ1) is 15.8. The van der Waals surface area contributed by atoms with Crippen LogP contribution in [0.5, 0.6) is 0 Å². The highest BCUT2D eigenvalue weighted by Gasteiger charge is 2.15. The number of hydrogen-bond donors (Lipinski definition) is 0. The number of oxazole rings is 1. The summed E-state index contributed by atoms with van der Waals surface area (Å²) in [5, 5.41) is 1.09. The molecule has 0 amide bonds. The zero-order valence-electron chi connectivity index (χ0n) is 15.1. The SMILES string of the molecule is CC(C)c1cc(-c2ccccc2)c2ccc3nc(-c4ncco4)cn3c2n1. The number of aromatic nitrogens is 4. The molecule has 132 valence electrons. The Hall–Kier alpha value is -3.47. The van der Waals surface area contributed by atoms with E-state index in [9.17, 15) is 0 Å². The van der Waals surface area contributed by atoms with Crippen LogP contribution in [-0.4, -0.2) is 19.4 Å². The van der Waals surface area contributed by atoms with Crippen LogP contribution in [0.3, 0.4) is 0 Å². The lowest BCUT2D eigenvalue weighted by Crippen LogP contribution is -1.99. The monoisotopic (exact) mass is 354 g/mol. The Labute approximate surface area is 156 Å². The molecule has 4 heterocycles. The van der Waals surface area contributed by atoms with E-state index >= 15 is 0 Å². The summed E-state index contributed by atoms with van der Waals surface area (Å²) in [6, 6.07) is 16.7. The van der Waals surface area contributed by atoms with Gasteiger partial charge >= 0.3 is 0 Å². The highest BCUT2D eigenvalue weighted by molar-refractivity contribution is 5.94. The predicted molar refractivity (Wildman–Crippen MR) is 106 cm³/mol. The van der Waals surface area contributed by atoms with Gasteiger partial charge in [-0.3, -0.25) is 4.40 Å². The first-order chi connectivity index (χ1) is 13.2. The summed E-state index contributed by atoms with van der Waals surface area (Å²) in [5.41, 5.74) is 5.83. The maximum atomic E-state index is 5.41. The maximum absolute atomic E-state index is 5.41. The van der Waals surface area contributed by atoms with Crippen LogP contribution in [0.25, 0.3) is 39.4 Å². The second-order valence-corrected chi connectivity index (χ2v) is 6.88. The van der Waals surface area contributed by atoms with E-state index in [2.05, 4.69) is 60.2 Å². The Morgan fingerprint density at radius 3 is 2.59 bits per heavy atom. The zero-order valence-corrected chi connectivity index (χ0v) is 15.1. The highest BCUT2D eigenvalue weighted by Crippen LogP contribution is 2.32. The molecule has 0 aliphatic carbocycles. The molecule has 27 heavy (non-hydrogen) atoms. The van der Waals surface area contributed by atoms with E-state index in [1.54, 1.807) is 12.5 Å². The standard InChI is InChI=1S/C22H18N4O/c1-14(2)18-12-17(15-6-4-3-5-7-15)16-8-9-20-24-19(22-23-10-11-27-22)13-26(20)21(16)25-18/h3-14H,1-2H3. The summed E-state index contributed by atoms with van der Waals surface area (Å²) in [7, 11) is 0. The number of pyridine rings is 2. The fourth-order valence-corrected chi connectivity index (χ4v) is 3.35. The third-order valence-corrected chi connectivity index (χ3v) is 4.75. The summed E-state index contributed by atoms with van der Waals surface area (Å²) in [6.07, 6.45) is 5.12. The normalized spacial score (nSPS) is 11.7. The third-order valence-electron chi connectivity index (χ3n) is 4.75. The fourth-order valence-electron chi connectivity index (χ4n) is 3.35. The molecule has 4 aromatic heterocycles. The highest BCUT2D eigenvalue weighted by atomic mass is 16.3. The van der Waals surface area contributed by atoms with Crippen molar-refractivity contribution < 1.29 is 4.42 Å². The molecule has 0 unspecified atom stereocenters. The molecular formula is C22H18N4O. The average molecular weight is 354 g/mol. The molecule has 0 atom stereocenters. The van der Waals surface area contributed by atoms with Gasteiger partial charge in [-0.1, -0.05) is 44.2 Å². The number of fused-ring (bicyclic) bond motifs is 3. The van der Waals surface area contributed by atoms with Gasteiger partial charge in [0.25, 0.3) is 0 Å². The van der Waals surface area contributed by atoms with Crippen LogP contribution >= 0.6 is 0 Å². The maximum Gasteiger partial charge on any atom is 0.246 e. The molecule has 0 radical (unpaired) electrons. The van der Waals surface area contributed by atoms with Gasteiger partial charge in [-0.2, -0.15) is 0 Å². The van der Waals surface area contributed by atoms with E-state index in [4.69, 9.17) is 9.40 Å². The van der Waals surface area contributed by atoms with Crippen molar-refractivity contribution in [3.8, 4) is 22.7 Å². The van der Waals surface area contributed by atoms with Crippen molar-refractivity contribution >= 4 is 16.7 Å². The van der Waals surface area contributed by atoms with Gasteiger partial charge in [0.1, 0.15) is 23.3 Å². The minimum Gasteiger partial charge on any atom is -0.443 e. The van der Waals surface area contributed by atoms with Crippen LogP contribution in [-0.2, 0) is 0 Å². The van der Waals surface area contributed by atoms with Gasteiger partial charge in [0.15, 0.2) is 0 Å². The van der Waals surface area contributed by atoms with Crippen molar-refractivity contribution in [3.63, 3.8) is 0 Å². The van der Waals surface area contributed by atoms with Crippen molar-refractivity contribution in [1.29, 1.82) is 0 Å². The number of imidazole rings is 1. The lowest BCUT2D eigenvalue weighted by Gasteiger charge is -2.13. The van der Waals surface area contributed by atoms with Crippen LogP contribution in [0.1, 0.15) is 25.5 Å². The van der Waals surface area contributed by atoms with Crippen LogP contribution in [0, 0.1) is 0 Å². The summed E-state index contributed by atoms with van der Waals surface area (Å²) in [5.74, 6) is 0.831. The van der Waals surface area contributed by atoms with Crippen LogP contribution in [0.4, 0.5) is 0 Å². The minimum atomic E-state index is 0.321. The van der Waals surface area contributed by atoms with E-state index < -0.39 is 0 Å². The second kappa shape index (κ2) is 6.06. The number of nitrogens with zero attached hydrogens (tertiary/aromatic N) is 4. The third kappa shape index (κ3) is 2.59. The number of rotatable bonds is 3. The smallest absolute Gasteiger partial charge is 0.246 e. The molecule has 0 saturated carbocycles. The Kier molecular flexibility index (Phi) is 3.53. The van der Waals surface area contributed by atoms with E-state index in [-0.39, 0.29) is 0 Å². The van der Waals surface area contributed by atoms with Gasteiger partial charge in [-0.15, -0.1) is 0 Å². The summed E-state index contributed by atoms with van der Waals surface area (Å²) in [6.45, 7) is 4.32. The van der Waals surface area contributed by atoms with Crippen molar-refractivity contribution in [2.24, 2.45) is 0 Å². The molecule has 5 nitrogen and oxygen atoms in total. The molecule has 5 heteroatoms. The molecule has 0 spiro atoms. The van der Waals surface area contributed by atoms with Crippen LogP contribution in [0.2, 0.25) is 0 Å². The van der Waals surface area contributed by atoms with Gasteiger partial charge in [-0.05, 0) is 35.2 Å². The molecule has 0 saturated heterocycles. The zero-order chi connectivity index (χ0) is 18.4. The Morgan fingerprint density at radius 2 is 1.85 bits per heavy atom. The van der Waals surface area contributed by atoms with Crippen molar-refractivity contribution in [2.75, 3.05) is 0 Å². The molecule has 0 N–H and O–H groups in total. The second-order valence-electron chi connectivity index (χ2n) is 6.88. The molecule has 5 rings (SSSR count). The summed E-state index contributed by atoms with van der Waals surface area (Å²) >= 11 is 0. The Bertz CT molecular complexity index is 1240. The lowest BCUT2D eigenvalue weighted by atomic mass is 9.99. The van der Waals surface area contributed by atoms with E-state index in [1.807, 2.05) is 22.7 Å². The lowest BCUT2D eigenvalue weighted by molar-refractivity contribution is 0.572. The summed E-state index contributed by atoms with van der Waals surface area (Å²) < 4.78 is 7.43. The van der Waals surface area contributed by atoms with Gasteiger partial charge in [-0.25, -0.2) is 15.0 Å². The molecule has 0 fully saturated rings. The van der Waals surface area contributed by atoms with Gasteiger partial charge in [0, 0.05) is 17.3 Å². The largest absolute Gasteiger partial charge is 0.443 e. The van der Waals surface area contributed by atoms with Crippen molar-refractivity contribution in [3.05, 3.63) is 72.9 Å². The van der Waals surface area contributed by atoms with Crippen LogP contribution < -0.4 is 0 Å². The topological polar surface area (TPSA) is 56.2 Å². The van der Waals surface area contributed by atoms with Gasteiger partial charge in [0.2, 0.25) is 5.89 Å². The van der Waals surface area contributed by atoms with Gasteiger partial charge < -0.3 is 4.42 Å². The van der Waals surface area contributed by atoms with E-state index in [1.165, 1.54) is 11.1 Å². The van der Waals surface area contributed by atoms with Crippen molar-refractivity contribution in [1.82, 2.24) is 19.4 Å². The minimum absolute atomic E-state index is 0.321. The molecule has 0 aliphatic rings. The van der Waals surface area contributed by atoms with E-state index in [0.29, 0.717) is 17.5 Å². The Balaban J connectivity index is 1.84. The van der Waals surface area contributed by atoms with E-state index in [0.717, 1.165) is 22.4 Å².